The lowest BCUT2D eigenvalue weighted by Crippen LogP contribution is -2.27. The first-order valence-corrected chi connectivity index (χ1v) is 6.06. The molecule has 1 aromatic rings. The van der Waals surface area contributed by atoms with Gasteiger partial charge in [-0.15, -0.1) is 0 Å². The van der Waals surface area contributed by atoms with E-state index in [2.05, 4.69) is 0 Å². The second-order valence-corrected chi connectivity index (χ2v) is 4.89. The van der Waals surface area contributed by atoms with E-state index in [4.69, 9.17) is 9.84 Å². The van der Waals surface area contributed by atoms with Crippen LogP contribution in [0.25, 0.3) is 12.2 Å². The predicted molar refractivity (Wildman–Crippen MR) is 76.0 cm³/mol. The number of allylic oxidation sites excluding steroid dienone is 2. The fourth-order valence-corrected chi connectivity index (χ4v) is 1.81. The Morgan fingerprint density at radius 3 is 2.84 bits per heavy atom. The number of carbonyl (C=O) groups is 1. The van der Waals surface area contributed by atoms with Crippen LogP contribution in [0, 0.1) is 0 Å². The second kappa shape index (κ2) is 5.14. The Hall–Kier alpha value is -2.29. The zero-order chi connectivity index (χ0) is 13.9. The van der Waals surface area contributed by atoms with E-state index in [1.54, 1.807) is 6.08 Å². The summed E-state index contributed by atoms with van der Waals surface area (Å²) in [5.74, 6) is -0.0839. The molecule has 0 radical (unpaired) electrons. The van der Waals surface area contributed by atoms with Gasteiger partial charge >= 0.3 is 5.97 Å². The topological polar surface area (TPSA) is 46.5 Å². The minimum atomic E-state index is -0.950. The summed E-state index contributed by atoms with van der Waals surface area (Å²) in [5, 5.41) is 8.47. The molecule has 0 aromatic heterocycles. The highest BCUT2D eigenvalue weighted by molar-refractivity contribution is 5.80. The molecular formula is C16H16O3. The molecule has 19 heavy (non-hydrogen) atoms. The number of ether oxygens (including phenoxy) is 1. The van der Waals surface area contributed by atoms with Crippen molar-refractivity contribution in [3.8, 4) is 5.75 Å². The first-order chi connectivity index (χ1) is 8.96. The van der Waals surface area contributed by atoms with Gasteiger partial charge in [0.15, 0.2) is 0 Å². The van der Waals surface area contributed by atoms with Crippen LogP contribution in [0.5, 0.6) is 5.75 Å². The summed E-state index contributed by atoms with van der Waals surface area (Å²) in [6.07, 6.45) is 10.2. The van der Waals surface area contributed by atoms with Crippen LogP contribution >= 0.6 is 0 Å². The molecule has 0 spiro atoms. The molecule has 1 aliphatic heterocycles. The molecule has 0 bridgehead atoms. The van der Waals surface area contributed by atoms with E-state index >= 15 is 0 Å². The van der Waals surface area contributed by atoms with Crippen molar-refractivity contribution in [1.29, 1.82) is 0 Å². The van der Waals surface area contributed by atoms with E-state index in [1.807, 2.05) is 50.3 Å². The zero-order valence-corrected chi connectivity index (χ0v) is 11.0. The predicted octanol–water partition coefficient (Wildman–Crippen LogP) is 3.52. The normalized spacial score (nSPS) is 16.5. The minimum Gasteiger partial charge on any atom is -0.483 e. The number of benzene rings is 1. The first-order valence-electron chi connectivity index (χ1n) is 6.06. The van der Waals surface area contributed by atoms with E-state index in [0.717, 1.165) is 23.0 Å². The number of hydrogen-bond acceptors (Lipinski definition) is 2. The van der Waals surface area contributed by atoms with E-state index in [1.165, 1.54) is 6.08 Å². The van der Waals surface area contributed by atoms with Crippen molar-refractivity contribution in [2.75, 3.05) is 0 Å². The van der Waals surface area contributed by atoms with E-state index in [9.17, 15) is 4.79 Å². The van der Waals surface area contributed by atoms with Crippen LogP contribution in [0.4, 0.5) is 0 Å². The molecule has 98 valence electrons. The van der Waals surface area contributed by atoms with Crippen LogP contribution in [-0.4, -0.2) is 16.7 Å². The van der Waals surface area contributed by atoms with E-state index in [-0.39, 0.29) is 5.60 Å². The van der Waals surface area contributed by atoms with Crippen LogP contribution in [0.2, 0.25) is 0 Å². The molecule has 3 nitrogen and oxygen atoms in total. The standard InChI is InChI=1S/C16H16O3/c1-16(2)10-9-13-11-12(7-8-14(13)19-16)5-3-4-6-15(17)18/h3-11H,1-2H3,(H,17,18)/b5-3+,6-4+. The van der Waals surface area contributed by atoms with Crippen molar-refractivity contribution < 1.29 is 14.6 Å². The molecular weight excluding hydrogens is 240 g/mol. The third kappa shape index (κ3) is 3.58. The van der Waals surface area contributed by atoms with Crippen molar-refractivity contribution in [2.45, 2.75) is 19.4 Å². The summed E-state index contributed by atoms with van der Waals surface area (Å²) in [5.41, 5.74) is 1.76. The summed E-state index contributed by atoms with van der Waals surface area (Å²) in [7, 11) is 0. The highest BCUT2D eigenvalue weighted by Crippen LogP contribution is 2.31. The van der Waals surface area contributed by atoms with Gasteiger partial charge in [-0.05, 0) is 37.6 Å². The summed E-state index contributed by atoms with van der Waals surface area (Å²) < 4.78 is 5.83. The van der Waals surface area contributed by atoms with Crippen LogP contribution in [0.15, 0.2) is 42.5 Å². The fraction of sp³-hybridized carbons (Fsp3) is 0.188. The molecule has 1 aliphatic rings. The monoisotopic (exact) mass is 256 g/mol. The number of rotatable bonds is 3. The Bertz CT molecular complexity index is 578. The Labute approximate surface area is 112 Å². The number of carboxylic acids is 1. The lowest BCUT2D eigenvalue weighted by Gasteiger charge is -2.27. The SMILES string of the molecule is CC1(C)C=Cc2cc(/C=C/C=C/C(=O)O)ccc2O1. The Kier molecular flexibility index (Phi) is 3.56. The number of aliphatic carboxylic acids is 1. The highest BCUT2D eigenvalue weighted by Gasteiger charge is 2.21. The molecule has 0 saturated carbocycles. The zero-order valence-electron chi connectivity index (χ0n) is 11.0. The summed E-state index contributed by atoms with van der Waals surface area (Å²) in [6.45, 7) is 4.02. The van der Waals surface area contributed by atoms with Gasteiger partial charge in [-0.3, -0.25) is 0 Å². The van der Waals surface area contributed by atoms with E-state index in [0.29, 0.717) is 0 Å². The summed E-state index contributed by atoms with van der Waals surface area (Å²) in [4.78, 5) is 10.3. The molecule has 0 amide bonds. The smallest absolute Gasteiger partial charge is 0.328 e. The molecule has 1 heterocycles. The number of hydrogen-bond donors (Lipinski definition) is 1. The van der Waals surface area contributed by atoms with Gasteiger partial charge < -0.3 is 9.84 Å². The van der Waals surface area contributed by atoms with Crippen LogP contribution in [0.1, 0.15) is 25.0 Å². The second-order valence-electron chi connectivity index (χ2n) is 4.89. The average molecular weight is 256 g/mol. The number of fused-ring (bicyclic) bond motifs is 1. The molecule has 2 rings (SSSR count). The first kappa shape index (κ1) is 13.1. The largest absolute Gasteiger partial charge is 0.483 e. The lowest BCUT2D eigenvalue weighted by atomic mass is 10.0. The van der Waals surface area contributed by atoms with Crippen molar-refractivity contribution in [3.05, 3.63) is 53.6 Å². The summed E-state index contributed by atoms with van der Waals surface area (Å²) in [6, 6.07) is 5.88. The van der Waals surface area contributed by atoms with Gasteiger partial charge in [0, 0.05) is 11.6 Å². The molecule has 0 saturated heterocycles. The van der Waals surface area contributed by atoms with Crippen LogP contribution in [-0.2, 0) is 4.79 Å². The fourth-order valence-electron chi connectivity index (χ4n) is 1.81. The lowest BCUT2D eigenvalue weighted by molar-refractivity contribution is -0.131. The highest BCUT2D eigenvalue weighted by atomic mass is 16.5. The van der Waals surface area contributed by atoms with Crippen molar-refractivity contribution in [1.82, 2.24) is 0 Å². The van der Waals surface area contributed by atoms with Gasteiger partial charge in [-0.1, -0.05) is 30.4 Å². The van der Waals surface area contributed by atoms with Gasteiger partial charge in [0.05, 0.1) is 0 Å². The molecule has 3 heteroatoms. The van der Waals surface area contributed by atoms with Crippen LogP contribution < -0.4 is 4.74 Å². The molecule has 0 unspecified atom stereocenters. The third-order valence-corrected chi connectivity index (χ3v) is 2.71. The molecule has 0 fully saturated rings. The van der Waals surface area contributed by atoms with Gasteiger partial charge in [-0.2, -0.15) is 0 Å². The maximum Gasteiger partial charge on any atom is 0.328 e. The Morgan fingerprint density at radius 2 is 2.11 bits per heavy atom. The van der Waals surface area contributed by atoms with E-state index < -0.39 is 5.97 Å². The maximum atomic E-state index is 10.3. The Balaban J connectivity index is 2.17. The van der Waals surface area contributed by atoms with Gasteiger partial charge in [-0.25, -0.2) is 4.79 Å². The minimum absolute atomic E-state index is 0.269. The average Bonchev–Trinajstić information content (AvgIpc) is 2.33. The van der Waals surface area contributed by atoms with Crippen molar-refractivity contribution in [3.63, 3.8) is 0 Å². The molecule has 1 aromatic carbocycles. The quantitative estimate of drug-likeness (QED) is 0.664. The molecule has 0 atom stereocenters. The van der Waals surface area contributed by atoms with Gasteiger partial charge in [0.1, 0.15) is 11.4 Å². The van der Waals surface area contributed by atoms with Crippen molar-refractivity contribution >= 4 is 18.1 Å². The molecule has 1 N–H and O–H groups in total. The number of carboxylic acid groups (broad SMARTS) is 1. The van der Waals surface area contributed by atoms with Gasteiger partial charge in [0.2, 0.25) is 0 Å². The molecule has 0 aliphatic carbocycles. The third-order valence-electron chi connectivity index (χ3n) is 2.71. The summed E-state index contributed by atoms with van der Waals surface area (Å²) >= 11 is 0. The van der Waals surface area contributed by atoms with Gasteiger partial charge in [0.25, 0.3) is 0 Å². The van der Waals surface area contributed by atoms with Crippen LogP contribution in [0.3, 0.4) is 0 Å². The Morgan fingerprint density at radius 1 is 1.32 bits per heavy atom. The van der Waals surface area contributed by atoms with Crippen molar-refractivity contribution in [2.24, 2.45) is 0 Å². The maximum absolute atomic E-state index is 10.3.